The minimum atomic E-state index is -1.15. The number of aliphatic carboxylic acids is 1. The summed E-state index contributed by atoms with van der Waals surface area (Å²) in [7, 11) is 1.93. The van der Waals surface area contributed by atoms with Crippen molar-refractivity contribution < 1.29 is 14.7 Å². The molecular weight excluding hydrogens is 268 g/mol. The lowest BCUT2D eigenvalue weighted by Crippen LogP contribution is -2.42. The maximum atomic E-state index is 12.1. The molecule has 0 aliphatic heterocycles. The van der Waals surface area contributed by atoms with Crippen molar-refractivity contribution in [2.24, 2.45) is 5.41 Å². The fourth-order valence-corrected chi connectivity index (χ4v) is 3.00. The number of pyridine rings is 1. The summed E-state index contributed by atoms with van der Waals surface area (Å²) in [6, 6.07) is 5.69. The SMILES string of the molecule is CN(CCCC1(C(=O)O)CCCCC1=O)c1ccccn1. The molecule has 0 bridgehead atoms. The van der Waals surface area contributed by atoms with E-state index in [1.807, 2.05) is 30.1 Å². The van der Waals surface area contributed by atoms with Crippen LogP contribution in [0.1, 0.15) is 38.5 Å². The molecule has 0 saturated heterocycles. The van der Waals surface area contributed by atoms with Crippen molar-refractivity contribution in [1.82, 2.24) is 4.98 Å². The average molecular weight is 290 g/mol. The number of ketones is 1. The second-order valence-electron chi connectivity index (χ2n) is 5.73. The smallest absolute Gasteiger partial charge is 0.317 e. The number of carboxylic acids is 1. The van der Waals surface area contributed by atoms with Gasteiger partial charge in [0.15, 0.2) is 0 Å². The van der Waals surface area contributed by atoms with E-state index in [0.717, 1.165) is 18.7 Å². The summed E-state index contributed by atoms with van der Waals surface area (Å²) in [4.78, 5) is 29.9. The molecule has 1 atom stereocenters. The van der Waals surface area contributed by atoms with Gasteiger partial charge in [0.05, 0.1) is 0 Å². The fourth-order valence-electron chi connectivity index (χ4n) is 3.00. The van der Waals surface area contributed by atoms with Gasteiger partial charge in [-0.1, -0.05) is 12.5 Å². The normalized spacial score (nSPS) is 22.0. The summed E-state index contributed by atoms with van der Waals surface area (Å²) >= 11 is 0. The first-order valence-electron chi connectivity index (χ1n) is 7.45. The molecule has 1 heterocycles. The van der Waals surface area contributed by atoms with Crippen LogP contribution < -0.4 is 4.90 Å². The Morgan fingerprint density at radius 3 is 2.86 bits per heavy atom. The number of carbonyl (C=O) groups is 2. The molecule has 5 heteroatoms. The Morgan fingerprint density at radius 2 is 2.24 bits per heavy atom. The van der Waals surface area contributed by atoms with E-state index < -0.39 is 11.4 Å². The number of hydrogen-bond acceptors (Lipinski definition) is 4. The number of Topliss-reactive ketones (excluding diaryl/α,β-unsaturated/α-hetero) is 1. The highest BCUT2D eigenvalue weighted by Gasteiger charge is 2.46. The van der Waals surface area contributed by atoms with Crippen LogP contribution in [0.25, 0.3) is 0 Å². The molecule has 1 unspecified atom stereocenters. The molecule has 1 aliphatic carbocycles. The van der Waals surface area contributed by atoms with Crippen LogP contribution in [0.15, 0.2) is 24.4 Å². The fraction of sp³-hybridized carbons (Fsp3) is 0.562. The Morgan fingerprint density at radius 1 is 1.43 bits per heavy atom. The van der Waals surface area contributed by atoms with E-state index in [9.17, 15) is 14.7 Å². The van der Waals surface area contributed by atoms with Crippen molar-refractivity contribution in [3.05, 3.63) is 24.4 Å². The van der Waals surface area contributed by atoms with E-state index in [0.29, 0.717) is 32.2 Å². The molecule has 5 nitrogen and oxygen atoms in total. The van der Waals surface area contributed by atoms with Crippen molar-refractivity contribution in [3.8, 4) is 0 Å². The molecule has 1 aromatic rings. The second-order valence-corrected chi connectivity index (χ2v) is 5.73. The van der Waals surface area contributed by atoms with Crippen LogP contribution in [0.5, 0.6) is 0 Å². The topological polar surface area (TPSA) is 70.5 Å². The summed E-state index contributed by atoms with van der Waals surface area (Å²) in [6.07, 6.45) is 5.35. The molecular formula is C16H22N2O3. The van der Waals surface area contributed by atoms with E-state index in [1.54, 1.807) is 6.20 Å². The number of carboxylic acid groups (broad SMARTS) is 1. The zero-order valence-electron chi connectivity index (χ0n) is 12.4. The Bertz CT molecular complexity index is 504. The molecule has 0 amide bonds. The average Bonchev–Trinajstić information content (AvgIpc) is 2.50. The van der Waals surface area contributed by atoms with Gasteiger partial charge in [-0.25, -0.2) is 4.98 Å². The number of anilines is 1. The van der Waals surface area contributed by atoms with Crippen LogP contribution in [-0.4, -0.2) is 35.4 Å². The summed E-state index contributed by atoms with van der Waals surface area (Å²) in [5, 5.41) is 9.49. The first-order valence-corrected chi connectivity index (χ1v) is 7.45. The van der Waals surface area contributed by atoms with E-state index in [2.05, 4.69) is 4.98 Å². The van der Waals surface area contributed by atoms with Crippen LogP contribution in [0.2, 0.25) is 0 Å². The molecule has 0 radical (unpaired) electrons. The molecule has 0 aromatic carbocycles. The number of hydrogen-bond donors (Lipinski definition) is 1. The van der Waals surface area contributed by atoms with E-state index in [1.165, 1.54) is 0 Å². The largest absolute Gasteiger partial charge is 0.480 e. The van der Waals surface area contributed by atoms with Crippen LogP contribution in [0.3, 0.4) is 0 Å². The van der Waals surface area contributed by atoms with Gasteiger partial charge in [-0.05, 0) is 37.8 Å². The zero-order valence-corrected chi connectivity index (χ0v) is 12.4. The van der Waals surface area contributed by atoms with Gasteiger partial charge in [-0.2, -0.15) is 0 Å². The maximum Gasteiger partial charge on any atom is 0.317 e. The van der Waals surface area contributed by atoms with Gasteiger partial charge < -0.3 is 10.0 Å². The van der Waals surface area contributed by atoms with Crippen LogP contribution in [0, 0.1) is 5.41 Å². The highest BCUT2D eigenvalue weighted by atomic mass is 16.4. The highest BCUT2D eigenvalue weighted by molar-refractivity contribution is 6.03. The van der Waals surface area contributed by atoms with Gasteiger partial charge in [0, 0.05) is 26.2 Å². The molecule has 1 aromatic heterocycles. The minimum Gasteiger partial charge on any atom is -0.480 e. The van der Waals surface area contributed by atoms with Gasteiger partial charge in [-0.15, -0.1) is 0 Å². The van der Waals surface area contributed by atoms with Crippen LogP contribution in [-0.2, 0) is 9.59 Å². The van der Waals surface area contributed by atoms with E-state index in [4.69, 9.17) is 0 Å². The number of carbonyl (C=O) groups excluding carboxylic acids is 1. The van der Waals surface area contributed by atoms with Crippen molar-refractivity contribution in [1.29, 1.82) is 0 Å². The van der Waals surface area contributed by atoms with Gasteiger partial charge in [0.1, 0.15) is 17.0 Å². The number of nitrogens with zero attached hydrogens (tertiary/aromatic N) is 2. The third kappa shape index (κ3) is 3.40. The first-order chi connectivity index (χ1) is 10.1. The summed E-state index contributed by atoms with van der Waals surface area (Å²) in [6.45, 7) is 0.694. The molecule has 2 rings (SSSR count). The lowest BCUT2D eigenvalue weighted by Gasteiger charge is -2.32. The van der Waals surface area contributed by atoms with Crippen LogP contribution in [0.4, 0.5) is 5.82 Å². The quantitative estimate of drug-likeness (QED) is 0.815. The molecule has 114 valence electrons. The molecule has 1 N–H and O–H groups in total. The summed E-state index contributed by atoms with van der Waals surface area (Å²) < 4.78 is 0. The molecule has 1 aliphatic rings. The summed E-state index contributed by atoms with van der Waals surface area (Å²) in [5.74, 6) is -0.189. The number of rotatable bonds is 6. The first kappa shape index (κ1) is 15.5. The third-order valence-electron chi connectivity index (χ3n) is 4.34. The molecule has 1 saturated carbocycles. The lowest BCUT2D eigenvalue weighted by atomic mass is 9.70. The minimum absolute atomic E-state index is 0.0956. The second kappa shape index (κ2) is 6.70. The molecule has 0 spiro atoms. The predicted molar refractivity (Wildman–Crippen MR) is 80.3 cm³/mol. The Labute approximate surface area is 125 Å². The van der Waals surface area contributed by atoms with Crippen molar-refractivity contribution in [2.75, 3.05) is 18.5 Å². The molecule has 21 heavy (non-hydrogen) atoms. The van der Waals surface area contributed by atoms with Crippen LogP contribution >= 0.6 is 0 Å². The predicted octanol–water partition coefficient (Wildman–Crippen LogP) is 2.51. The summed E-state index contributed by atoms with van der Waals surface area (Å²) in [5.41, 5.74) is -1.15. The standard InChI is InChI=1S/C16H22N2O3/c1-18(14-8-3-5-11-17-14)12-6-10-16(15(20)21)9-4-2-7-13(16)19/h3,5,8,11H,2,4,6-7,9-10,12H2,1H3,(H,20,21). The number of aromatic nitrogens is 1. The lowest BCUT2D eigenvalue weighted by molar-refractivity contribution is -0.157. The molecule has 1 fully saturated rings. The Hall–Kier alpha value is -1.91. The van der Waals surface area contributed by atoms with Gasteiger partial charge >= 0.3 is 5.97 Å². The van der Waals surface area contributed by atoms with E-state index >= 15 is 0 Å². The van der Waals surface area contributed by atoms with E-state index in [-0.39, 0.29) is 5.78 Å². The Kier molecular flexibility index (Phi) is 4.94. The van der Waals surface area contributed by atoms with Gasteiger partial charge in [-0.3, -0.25) is 9.59 Å². The third-order valence-corrected chi connectivity index (χ3v) is 4.34. The Balaban J connectivity index is 1.94. The monoisotopic (exact) mass is 290 g/mol. The van der Waals surface area contributed by atoms with Gasteiger partial charge in [0.2, 0.25) is 0 Å². The van der Waals surface area contributed by atoms with Crippen molar-refractivity contribution in [2.45, 2.75) is 38.5 Å². The zero-order chi connectivity index (χ0) is 15.3. The van der Waals surface area contributed by atoms with Crippen molar-refractivity contribution >= 4 is 17.6 Å². The van der Waals surface area contributed by atoms with Gasteiger partial charge in [0.25, 0.3) is 0 Å². The maximum absolute atomic E-state index is 12.1. The highest BCUT2D eigenvalue weighted by Crippen LogP contribution is 2.37. The van der Waals surface area contributed by atoms with Crippen molar-refractivity contribution in [3.63, 3.8) is 0 Å².